The van der Waals surface area contributed by atoms with Crippen LogP contribution in [0.5, 0.6) is 0 Å². The van der Waals surface area contributed by atoms with Crippen LogP contribution in [0.3, 0.4) is 0 Å². The molecular weight excluding hydrogens is 190 g/mol. The van der Waals surface area contributed by atoms with E-state index in [2.05, 4.69) is 24.4 Å². The smallest absolute Gasteiger partial charge is 0.304 e. The van der Waals surface area contributed by atoms with Gasteiger partial charge in [0, 0.05) is 12.6 Å². The van der Waals surface area contributed by atoms with E-state index >= 15 is 0 Å². The highest BCUT2D eigenvalue weighted by atomic mass is 16.5. The van der Waals surface area contributed by atoms with Crippen LogP contribution in [0.4, 0.5) is 5.69 Å². The molecule has 3 heteroatoms. The molecule has 0 aliphatic carbocycles. The van der Waals surface area contributed by atoms with Crippen molar-refractivity contribution >= 4 is 11.7 Å². The fraction of sp³-hybridized carbons (Fsp3) is 0.417. The first-order valence-electron chi connectivity index (χ1n) is 4.96. The number of esters is 1. The Labute approximate surface area is 90.4 Å². The van der Waals surface area contributed by atoms with Crippen molar-refractivity contribution in [2.75, 3.05) is 12.0 Å². The van der Waals surface area contributed by atoms with Crippen LogP contribution >= 0.6 is 0 Å². The van der Waals surface area contributed by atoms with Gasteiger partial charge in [-0.1, -0.05) is 17.7 Å². The van der Waals surface area contributed by atoms with Crippen molar-refractivity contribution in [3.63, 3.8) is 0 Å². The third-order valence-corrected chi connectivity index (χ3v) is 2.20. The zero-order chi connectivity index (χ0) is 11.4. The summed E-state index contributed by atoms with van der Waals surface area (Å²) in [4.78, 5) is 10.6. The lowest BCUT2D eigenvalue weighted by Crippen LogP contribution is -2.11. The summed E-state index contributed by atoms with van der Waals surface area (Å²) in [6.45, 7) is 7.76. The zero-order valence-electron chi connectivity index (χ0n) is 9.68. The van der Waals surface area contributed by atoms with Crippen molar-refractivity contribution in [1.82, 2.24) is 0 Å². The fourth-order valence-electron chi connectivity index (χ4n) is 1.67. The third kappa shape index (κ3) is 3.27. The summed E-state index contributed by atoms with van der Waals surface area (Å²) in [7, 11) is 0. The molecule has 0 aliphatic heterocycles. The number of nitrogens with one attached hydrogen (secondary N) is 1. The van der Waals surface area contributed by atoms with Crippen LogP contribution in [0.2, 0.25) is 0 Å². The Bertz CT molecular complexity index is 349. The van der Waals surface area contributed by atoms with Gasteiger partial charge in [-0.15, -0.1) is 0 Å². The second kappa shape index (κ2) is 4.82. The van der Waals surface area contributed by atoms with Gasteiger partial charge in [0.1, 0.15) is 0 Å². The largest absolute Gasteiger partial charge is 0.445 e. The highest BCUT2D eigenvalue weighted by Crippen LogP contribution is 2.21. The minimum absolute atomic E-state index is 0.222. The van der Waals surface area contributed by atoms with Gasteiger partial charge in [-0.25, -0.2) is 0 Å². The van der Waals surface area contributed by atoms with Crippen LogP contribution in [-0.2, 0) is 9.53 Å². The van der Waals surface area contributed by atoms with Crippen molar-refractivity contribution in [2.45, 2.75) is 27.7 Å². The Kier molecular flexibility index (Phi) is 3.72. The highest BCUT2D eigenvalue weighted by molar-refractivity contribution is 5.66. The van der Waals surface area contributed by atoms with Crippen LogP contribution < -0.4 is 5.32 Å². The molecular formula is C12H17NO2. The number of carbonyl (C=O) groups excluding carboxylic acids is 1. The summed E-state index contributed by atoms with van der Waals surface area (Å²) in [5.74, 6) is -0.273. The lowest BCUT2D eigenvalue weighted by Gasteiger charge is -2.13. The average molecular weight is 207 g/mol. The lowest BCUT2D eigenvalue weighted by molar-refractivity contribution is -0.140. The molecule has 0 saturated carbocycles. The van der Waals surface area contributed by atoms with E-state index in [1.165, 1.54) is 23.6 Å². The maximum absolute atomic E-state index is 10.6. The van der Waals surface area contributed by atoms with E-state index in [4.69, 9.17) is 4.74 Å². The van der Waals surface area contributed by atoms with E-state index in [0.29, 0.717) is 0 Å². The molecule has 3 nitrogen and oxygen atoms in total. The summed E-state index contributed by atoms with van der Waals surface area (Å²) in [5.41, 5.74) is 4.61. The first kappa shape index (κ1) is 11.6. The highest BCUT2D eigenvalue weighted by Gasteiger charge is 2.03. The van der Waals surface area contributed by atoms with E-state index in [1.54, 1.807) is 0 Å². The number of anilines is 1. The number of rotatable bonds is 3. The first-order chi connectivity index (χ1) is 7.00. The number of ether oxygens (including phenoxy) is 1. The normalized spacial score (nSPS) is 9.87. The van der Waals surface area contributed by atoms with E-state index < -0.39 is 0 Å². The zero-order valence-corrected chi connectivity index (χ0v) is 9.68. The summed E-state index contributed by atoms with van der Waals surface area (Å²) in [5, 5.41) is 3.10. The van der Waals surface area contributed by atoms with Crippen molar-refractivity contribution in [2.24, 2.45) is 0 Å². The van der Waals surface area contributed by atoms with Crippen LogP contribution in [0, 0.1) is 20.8 Å². The van der Waals surface area contributed by atoms with Gasteiger partial charge in [0.2, 0.25) is 0 Å². The summed E-state index contributed by atoms with van der Waals surface area (Å²) in [6, 6.07) is 4.20. The molecule has 0 bridgehead atoms. The quantitative estimate of drug-likeness (QED) is 0.611. The third-order valence-electron chi connectivity index (χ3n) is 2.20. The monoisotopic (exact) mass is 207 g/mol. The van der Waals surface area contributed by atoms with Crippen LogP contribution in [-0.4, -0.2) is 12.7 Å². The molecule has 0 spiro atoms. The Morgan fingerprint density at radius 1 is 1.27 bits per heavy atom. The molecule has 1 rings (SSSR count). The maximum Gasteiger partial charge on any atom is 0.304 e. The molecule has 0 unspecified atom stereocenters. The summed E-state index contributed by atoms with van der Waals surface area (Å²) in [6.07, 6.45) is 0. The second-order valence-electron chi connectivity index (χ2n) is 3.73. The van der Waals surface area contributed by atoms with Crippen LogP contribution in [0.25, 0.3) is 0 Å². The minimum atomic E-state index is -0.273. The lowest BCUT2D eigenvalue weighted by atomic mass is 10.1. The van der Waals surface area contributed by atoms with Gasteiger partial charge in [-0.2, -0.15) is 0 Å². The van der Waals surface area contributed by atoms with Gasteiger partial charge in [0.25, 0.3) is 0 Å². The van der Waals surface area contributed by atoms with Crippen molar-refractivity contribution in [3.05, 3.63) is 28.8 Å². The molecule has 0 aromatic heterocycles. The van der Waals surface area contributed by atoms with Crippen molar-refractivity contribution in [3.8, 4) is 0 Å². The summed E-state index contributed by atoms with van der Waals surface area (Å²) >= 11 is 0. The molecule has 1 aromatic carbocycles. The van der Waals surface area contributed by atoms with E-state index in [0.717, 1.165) is 5.69 Å². The van der Waals surface area contributed by atoms with Crippen molar-refractivity contribution < 1.29 is 9.53 Å². The van der Waals surface area contributed by atoms with Gasteiger partial charge in [-0.05, 0) is 31.9 Å². The summed E-state index contributed by atoms with van der Waals surface area (Å²) < 4.78 is 4.84. The minimum Gasteiger partial charge on any atom is -0.445 e. The molecule has 0 fully saturated rings. The topological polar surface area (TPSA) is 38.3 Å². The van der Waals surface area contributed by atoms with E-state index in [9.17, 15) is 4.79 Å². The maximum atomic E-state index is 10.6. The Hall–Kier alpha value is -1.51. The number of carbonyl (C=O) groups is 1. The molecule has 0 amide bonds. The molecule has 1 N–H and O–H groups in total. The fourth-order valence-corrected chi connectivity index (χ4v) is 1.67. The van der Waals surface area contributed by atoms with Crippen LogP contribution in [0.1, 0.15) is 23.6 Å². The van der Waals surface area contributed by atoms with Gasteiger partial charge in [0.05, 0.1) is 0 Å². The predicted octanol–water partition coefficient (Wildman–Crippen LogP) is 2.54. The number of aryl methyl sites for hydroxylation is 3. The Balaban J connectivity index is 2.72. The first-order valence-corrected chi connectivity index (χ1v) is 4.96. The average Bonchev–Trinajstić information content (AvgIpc) is 2.08. The SMILES string of the molecule is CC(=O)OCNc1c(C)cc(C)cc1C. The van der Waals surface area contributed by atoms with Gasteiger partial charge >= 0.3 is 5.97 Å². The second-order valence-corrected chi connectivity index (χ2v) is 3.73. The number of hydrogen-bond donors (Lipinski definition) is 1. The van der Waals surface area contributed by atoms with E-state index in [-0.39, 0.29) is 12.7 Å². The molecule has 1 aromatic rings. The molecule has 0 radical (unpaired) electrons. The Morgan fingerprint density at radius 2 is 1.80 bits per heavy atom. The molecule has 0 aliphatic rings. The van der Waals surface area contributed by atoms with Crippen LogP contribution in [0.15, 0.2) is 12.1 Å². The van der Waals surface area contributed by atoms with Crippen molar-refractivity contribution in [1.29, 1.82) is 0 Å². The van der Waals surface area contributed by atoms with Gasteiger partial charge in [0.15, 0.2) is 6.73 Å². The number of benzene rings is 1. The Morgan fingerprint density at radius 3 is 2.27 bits per heavy atom. The molecule has 15 heavy (non-hydrogen) atoms. The molecule has 0 atom stereocenters. The van der Waals surface area contributed by atoms with E-state index in [1.807, 2.05) is 13.8 Å². The standard InChI is InChI=1S/C12H17NO2/c1-8-5-9(2)12(10(3)6-8)13-7-15-11(4)14/h5-6,13H,7H2,1-4H3. The molecule has 0 heterocycles. The van der Waals surface area contributed by atoms with Gasteiger partial charge in [-0.3, -0.25) is 4.79 Å². The predicted molar refractivity (Wildman–Crippen MR) is 60.9 cm³/mol. The molecule has 82 valence electrons. The number of hydrogen-bond acceptors (Lipinski definition) is 3. The van der Waals surface area contributed by atoms with Gasteiger partial charge < -0.3 is 10.1 Å². The molecule has 0 saturated heterocycles.